The van der Waals surface area contributed by atoms with E-state index in [0.717, 1.165) is 49.1 Å². The third-order valence-corrected chi connectivity index (χ3v) is 12.1. The van der Waals surface area contributed by atoms with Crippen molar-refractivity contribution in [2.45, 2.75) is 66.5 Å². The van der Waals surface area contributed by atoms with Gasteiger partial charge in [0, 0.05) is 47.5 Å². The summed E-state index contributed by atoms with van der Waals surface area (Å²) in [5.74, 6) is -0.609. The number of benzene rings is 6. The molecule has 0 amide bonds. The maximum atomic E-state index is 9.38. The van der Waals surface area contributed by atoms with E-state index in [1.807, 2.05) is 114 Å². The molecule has 0 saturated heterocycles. The molecular formula is C53H50IrN2OSi-2. The van der Waals surface area contributed by atoms with Crippen LogP contribution in [-0.2, 0) is 26.5 Å². The van der Waals surface area contributed by atoms with E-state index in [1.54, 1.807) is 6.07 Å². The van der Waals surface area contributed by atoms with Crippen molar-refractivity contribution in [1.29, 1.82) is 0 Å². The van der Waals surface area contributed by atoms with E-state index in [4.69, 9.17) is 7.16 Å². The van der Waals surface area contributed by atoms with Gasteiger partial charge >= 0.3 is 0 Å². The first-order valence-corrected chi connectivity index (χ1v) is 23.0. The first kappa shape index (κ1) is 34.8. The van der Waals surface area contributed by atoms with Gasteiger partial charge < -0.3 is 14.4 Å². The fourth-order valence-electron chi connectivity index (χ4n) is 7.36. The molecule has 0 saturated carbocycles. The van der Waals surface area contributed by atoms with Crippen molar-refractivity contribution in [1.82, 2.24) is 9.97 Å². The van der Waals surface area contributed by atoms with Gasteiger partial charge in [-0.15, -0.1) is 54.1 Å². The first-order chi connectivity index (χ1) is 29.3. The minimum absolute atomic E-state index is 0. The topological polar surface area (TPSA) is 38.9 Å². The van der Waals surface area contributed by atoms with E-state index in [-0.39, 0.29) is 43.6 Å². The number of aromatic nitrogens is 2. The van der Waals surface area contributed by atoms with Crippen LogP contribution in [0.2, 0.25) is 19.6 Å². The number of hydrogen-bond donors (Lipinski definition) is 0. The van der Waals surface area contributed by atoms with Crippen molar-refractivity contribution in [3.63, 3.8) is 0 Å². The van der Waals surface area contributed by atoms with Gasteiger partial charge in [0.15, 0.2) is 0 Å². The van der Waals surface area contributed by atoms with Crippen molar-refractivity contribution in [2.24, 2.45) is 5.41 Å². The van der Waals surface area contributed by atoms with Crippen molar-refractivity contribution in [2.75, 3.05) is 0 Å². The molecule has 0 N–H and O–H groups in total. The summed E-state index contributed by atoms with van der Waals surface area (Å²) in [7, 11) is -1.50. The van der Waals surface area contributed by atoms with Gasteiger partial charge in [-0.2, -0.15) is 0 Å². The molecule has 0 aliphatic rings. The van der Waals surface area contributed by atoms with Crippen LogP contribution in [0.4, 0.5) is 0 Å². The van der Waals surface area contributed by atoms with Gasteiger partial charge in [0.05, 0.1) is 16.4 Å². The van der Waals surface area contributed by atoms with Gasteiger partial charge in [0.2, 0.25) is 0 Å². The summed E-state index contributed by atoms with van der Waals surface area (Å²) in [5.41, 5.74) is 5.12. The Balaban J connectivity index is 0.000000239. The third kappa shape index (κ3) is 8.49. The van der Waals surface area contributed by atoms with E-state index >= 15 is 0 Å². The van der Waals surface area contributed by atoms with Crippen LogP contribution in [0, 0.1) is 17.5 Å². The minimum atomic E-state index is -1.94. The predicted octanol–water partition coefficient (Wildman–Crippen LogP) is 14.2. The summed E-state index contributed by atoms with van der Waals surface area (Å²) in [6.07, 6.45) is -0.0498. The number of hydrogen-bond acceptors (Lipinski definition) is 3. The predicted molar refractivity (Wildman–Crippen MR) is 245 cm³/mol. The van der Waals surface area contributed by atoms with Crippen LogP contribution in [0.3, 0.4) is 0 Å². The molecule has 0 atom stereocenters. The summed E-state index contributed by atoms with van der Waals surface area (Å²) in [6.45, 7) is 16.2. The van der Waals surface area contributed by atoms with E-state index < -0.39 is 25.8 Å². The Kier molecular flexibility index (Phi) is 9.95. The number of fused-ring (bicyclic) bond motifs is 6. The van der Waals surface area contributed by atoms with Crippen LogP contribution in [-0.4, -0.2) is 18.0 Å². The molecule has 58 heavy (non-hydrogen) atoms. The molecule has 293 valence electrons. The van der Waals surface area contributed by atoms with Gasteiger partial charge in [-0.1, -0.05) is 150 Å². The second-order valence-electron chi connectivity index (χ2n) is 16.9. The van der Waals surface area contributed by atoms with Gasteiger partial charge in [0.1, 0.15) is 5.58 Å². The molecule has 0 spiro atoms. The summed E-state index contributed by atoms with van der Waals surface area (Å²) in [5, 5.41) is 7.55. The Morgan fingerprint density at radius 2 is 1.50 bits per heavy atom. The van der Waals surface area contributed by atoms with Crippen molar-refractivity contribution in [3.05, 3.63) is 163 Å². The molecule has 3 aromatic heterocycles. The Morgan fingerprint density at radius 1 is 0.759 bits per heavy atom. The summed E-state index contributed by atoms with van der Waals surface area (Å²) in [4.78, 5) is 9.22. The Morgan fingerprint density at radius 3 is 2.22 bits per heavy atom. The van der Waals surface area contributed by atoms with Crippen molar-refractivity contribution < 1.29 is 31.4 Å². The van der Waals surface area contributed by atoms with Gasteiger partial charge in [-0.25, -0.2) is 0 Å². The van der Waals surface area contributed by atoms with E-state index in [0.29, 0.717) is 27.9 Å². The molecule has 0 unspecified atom stereocenters. The molecule has 0 fully saturated rings. The zero-order valence-electron chi connectivity index (χ0n) is 39.3. The van der Waals surface area contributed by atoms with E-state index in [2.05, 4.69) is 84.2 Å². The van der Waals surface area contributed by atoms with Crippen LogP contribution < -0.4 is 5.19 Å². The second kappa shape index (κ2) is 16.6. The number of rotatable bonds is 6. The third-order valence-electron chi connectivity index (χ3n) is 10.1. The number of pyridine rings is 2. The average Bonchev–Trinajstić information content (AvgIpc) is 3.60. The fourth-order valence-corrected chi connectivity index (χ4v) is 8.94. The summed E-state index contributed by atoms with van der Waals surface area (Å²) in [6, 6.07) is 45.9. The Labute approximate surface area is 365 Å². The van der Waals surface area contributed by atoms with E-state index in [9.17, 15) is 4.11 Å². The molecule has 0 aliphatic heterocycles. The largest absolute Gasteiger partial charge is 0.501 e. The van der Waals surface area contributed by atoms with E-state index in [1.165, 1.54) is 5.19 Å². The minimum Gasteiger partial charge on any atom is -0.501 e. The quantitative estimate of drug-likeness (QED) is 0.0947. The first-order valence-electron chi connectivity index (χ1n) is 22.0. The molecule has 6 aromatic carbocycles. The second-order valence-corrected chi connectivity index (χ2v) is 21.9. The van der Waals surface area contributed by atoms with Crippen LogP contribution in [0.15, 0.2) is 144 Å². The average molecular weight is 956 g/mol. The molecule has 0 aliphatic carbocycles. The zero-order chi connectivity index (χ0) is 44.4. The van der Waals surface area contributed by atoms with Crippen molar-refractivity contribution >= 4 is 56.7 Å². The normalized spacial score (nSPS) is 13.6. The van der Waals surface area contributed by atoms with Crippen LogP contribution in [0.25, 0.3) is 77.1 Å². The Bertz CT molecular complexity index is 3130. The van der Waals surface area contributed by atoms with Gasteiger partial charge in [-0.05, 0) is 79.1 Å². The number of nitrogens with zero attached hydrogens (tertiary/aromatic N) is 2. The molecular weight excluding hydrogens is 901 g/mol. The SMILES string of the molecule is [2H]C(C)(C)c1cc(-c2[c-]cccc2)ncc1[Si](C)(C)C.[2H]c1nc(-c2[c-]ccc3c2oc2cc4c(ccc5ccccc54)cc23)c([2H])c(C([2H])([2H])C(C)(C)C)c1-c1ccccc1.[Ir]. The maximum absolute atomic E-state index is 9.38. The number of furan rings is 1. The molecule has 9 aromatic rings. The standard InChI is InChI=1S/C36H28NO.C17H22NSi.Ir/c1-36(2,3)21-26-19-33(37-22-32(26)23-10-5-4-6-11-23)29-15-9-14-28-31-18-25-17-16-24-12-7-8-13-27(24)30(25)20-34(31)38-35(28)29;1-13(2)15-11-16(14-9-7-6-8-10-14)18-12-17(15)19(3,4)5;/h4-14,16-20,22H,21H2,1-3H3;6-9,11-13H,1-5H3;/q2*-1;/i19D,21D2,22D;13D;. The molecule has 1 radical (unpaired) electrons. The molecule has 5 heteroatoms. The zero-order valence-corrected chi connectivity index (χ0v) is 37.7. The molecule has 9 rings (SSSR count). The molecule has 3 heterocycles. The van der Waals surface area contributed by atoms with Crippen molar-refractivity contribution in [3.8, 4) is 33.6 Å². The van der Waals surface area contributed by atoms with Gasteiger partial charge in [-0.3, -0.25) is 0 Å². The van der Waals surface area contributed by atoms with Crippen LogP contribution in [0.1, 0.15) is 58.5 Å². The monoisotopic (exact) mass is 956 g/mol. The molecule has 3 nitrogen and oxygen atoms in total. The maximum Gasteiger partial charge on any atom is 0.121 e. The Hall–Kier alpha value is -5.19. The summed E-state index contributed by atoms with van der Waals surface area (Å²) >= 11 is 0. The van der Waals surface area contributed by atoms with Gasteiger partial charge in [0.25, 0.3) is 0 Å². The molecule has 0 bridgehead atoms. The fraction of sp³-hybridized carbons (Fsp3) is 0.208. The van der Waals surface area contributed by atoms with Crippen LogP contribution >= 0.6 is 0 Å². The smallest absolute Gasteiger partial charge is 0.121 e. The summed E-state index contributed by atoms with van der Waals surface area (Å²) < 4.78 is 51.7. The van der Waals surface area contributed by atoms with Crippen LogP contribution in [0.5, 0.6) is 0 Å².